The van der Waals surface area contributed by atoms with Crippen LogP contribution >= 0.6 is 11.6 Å². The van der Waals surface area contributed by atoms with Gasteiger partial charge < -0.3 is 10.4 Å². The highest BCUT2D eigenvalue weighted by Crippen LogP contribution is 2.24. The lowest BCUT2D eigenvalue weighted by atomic mass is 9.98. The summed E-state index contributed by atoms with van der Waals surface area (Å²) < 4.78 is 0. The first-order valence-corrected chi connectivity index (χ1v) is 7.22. The number of aliphatic hydroxyl groups is 1. The van der Waals surface area contributed by atoms with Crippen molar-refractivity contribution in [3.63, 3.8) is 0 Å². The Labute approximate surface area is 129 Å². The molecule has 2 aromatic carbocycles. The van der Waals surface area contributed by atoms with Crippen molar-refractivity contribution in [1.82, 2.24) is 0 Å². The van der Waals surface area contributed by atoms with Gasteiger partial charge in [-0.25, -0.2) is 0 Å². The first kappa shape index (κ1) is 15.4. The first-order valence-electron chi connectivity index (χ1n) is 6.84. The standard InChI is InChI=1S/C17H17ClN2O/c1-2-16(20-15-8-6-14(18)7-9-15)17(21)13-5-3-4-12(10-13)11-19/h3-10,16-17,20-21H,2H2,1H3. The van der Waals surface area contributed by atoms with Crippen LogP contribution in [0.1, 0.15) is 30.6 Å². The van der Waals surface area contributed by atoms with E-state index in [4.69, 9.17) is 16.9 Å². The van der Waals surface area contributed by atoms with Crippen LogP contribution in [0.2, 0.25) is 5.02 Å². The lowest BCUT2D eigenvalue weighted by Crippen LogP contribution is -2.26. The fourth-order valence-electron chi connectivity index (χ4n) is 2.19. The number of benzene rings is 2. The number of halogens is 1. The fourth-order valence-corrected chi connectivity index (χ4v) is 2.31. The number of nitrogens with one attached hydrogen (secondary N) is 1. The van der Waals surface area contributed by atoms with Crippen LogP contribution < -0.4 is 5.32 Å². The van der Waals surface area contributed by atoms with E-state index < -0.39 is 6.10 Å². The van der Waals surface area contributed by atoms with Crippen molar-refractivity contribution in [3.8, 4) is 6.07 Å². The molecule has 0 aliphatic rings. The highest BCUT2D eigenvalue weighted by Gasteiger charge is 2.19. The monoisotopic (exact) mass is 300 g/mol. The van der Waals surface area contributed by atoms with Crippen LogP contribution in [-0.2, 0) is 0 Å². The van der Waals surface area contributed by atoms with Gasteiger partial charge >= 0.3 is 0 Å². The van der Waals surface area contributed by atoms with Crippen LogP contribution in [0.4, 0.5) is 5.69 Å². The maximum absolute atomic E-state index is 10.5. The van der Waals surface area contributed by atoms with E-state index in [0.29, 0.717) is 10.6 Å². The largest absolute Gasteiger partial charge is 0.386 e. The second-order valence-corrected chi connectivity index (χ2v) is 5.28. The summed E-state index contributed by atoms with van der Waals surface area (Å²) in [6, 6.07) is 16.4. The molecule has 2 rings (SSSR count). The smallest absolute Gasteiger partial charge is 0.0991 e. The van der Waals surface area contributed by atoms with Crippen LogP contribution in [0.3, 0.4) is 0 Å². The molecule has 0 fully saturated rings. The SMILES string of the molecule is CCC(Nc1ccc(Cl)cc1)C(O)c1cccc(C#N)c1. The van der Waals surface area contributed by atoms with Crippen LogP contribution in [0, 0.1) is 11.3 Å². The van der Waals surface area contributed by atoms with Gasteiger partial charge in [0.25, 0.3) is 0 Å². The van der Waals surface area contributed by atoms with E-state index in [1.807, 2.05) is 25.1 Å². The molecule has 2 N–H and O–H groups in total. The van der Waals surface area contributed by atoms with E-state index in [2.05, 4.69) is 11.4 Å². The second-order valence-electron chi connectivity index (χ2n) is 4.85. The highest BCUT2D eigenvalue weighted by atomic mass is 35.5. The van der Waals surface area contributed by atoms with Crippen molar-refractivity contribution in [2.45, 2.75) is 25.5 Å². The molecular weight excluding hydrogens is 284 g/mol. The lowest BCUT2D eigenvalue weighted by Gasteiger charge is -2.24. The summed E-state index contributed by atoms with van der Waals surface area (Å²) in [5.41, 5.74) is 2.19. The minimum atomic E-state index is -0.682. The van der Waals surface area contributed by atoms with Gasteiger partial charge in [0.1, 0.15) is 0 Å². The Morgan fingerprint density at radius 3 is 2.57 bits per heavy atom. The molecule has 2 aromatic rings. The minimum absolute atomic E-state index is 0.139. The maximum atomic E-state index is 10.5. The Bertz CT molecular complexity index is 634. The van der Waals surface area contributed by atoms with Gasteiger partial charge in [0.15, 0.2) is 0 Å². The van der Waals surface area contributed by atoms with E-state index in [9.17, 15) is 5.11 Å². The molecule has 0 aliphatic heterocycles. The zero-order valence-electron chi connectivity index (χ0n) is 11.8. The summed E-state index contributed by atoms with van der Waals surface area (Å²) in [6.07, 6.45) is 0.0691. The van der Waals surface area contributed by atoms with Crippen LogP contribution in [-0.4, -0.2) is 11.1 Å². The van der Waals surface area contributed by atoms with Crippen molar-refractivity contribution in [1.29, 1.82) is 5.26 Å². The third kappa shape index (κ3) is 3.98. The van der Waals surface area contributed by atoms with Crippen molar-refractivity contribution in [3.05, 3.63) is 64.7 Å². The normalized spacial score (nSPS) is 13.2. The molecule has 21 heavy (non-hydrogen) atoms. The molecular formula is C17H17ClN2O. The summed E-state index contributed by atoms with van der Waals surface area (Å²) in [5, 5.41) is 23.4. The lowest BCUT2D eigenvalue weighted by molar-refractivity contribution is 0.152. The van der Waals surface area contributed by atoms with Gasteiger partial charge in [-0.2, -0.15) is 5.26 Å². The van der Waals surface area contributed by atoms with Gasteiger partial charge in [-0.05, 0) is 48.4 Å². The van der Waals surface area contributed by atoms with Crippen LogP contribution in [0.5, 0.6) is 0 Å². The quantitative estimate of drug-likeness (QED) is 0.872. The van der Waals surface area contributed by atoms with E-state index in [1.165, 1.54) is 0 Å². The molecule has 0 amide bonds. The van der Waals surface area contributed by atoms with E-state index in [0.717, 1.165) is 17.7 Å². The average molecular weight is 301 g/mol. The molecule has 2 unspecified atom stereocenters. The number of hydrogen-bond donors (Lipinski definition) is 2. The molecule has 4 heteroatoms. The van der Waals surface area contributed by atoms with Gasteiger partial charge in [-0.15, -0.1) is 0 Å². The predicted molar refractivity (Wildman–Crippen MR) is 85.3 cm³/mol. The zero-order valence-corrected chi connectivity index (χ0v) is 12.5. The van der Waals surface area contributed by atoms with Gasteiger partial charge in [-0.1, -0.05) is 30.7 Å². The highest BCUT2D eigenvalue weighted by molar-refractivity contribution is 6.30. The summed E-state index contributed by atoms with van der Waals surface area (Å²) in [6.45, 7) is 2.00. The Morgan fingerprint density at radius 1 is 1.24 bits per heavy atom. The summed E-state index contributed by atoms with van der Waals surface area (Å²) in [5.74, 6) is 0. The topological polar surface area (TPSA) is 56.0 Å². The molecule has 0 saturated heterocycles. The molecule has 0 spiro atoms. The van der Waals surface area contributed by atoms with E-state index >= 15 is 0 Å². The van der Waals surface area contributed by atoms with Gasteiger partial charge in [0, 0.05) is 10.7 Å². The first-order chi connectivity index (χ1) is 10.1. The van der Waals surface area contributed by atoms with E-state index in [-0.39, 0.29) is 6.04 Å². The Morgan fingerprint density at radius 2 is 1.95 bits per heavy atom. The van der Waals surface area contributed by atoms with Gasteiger partial charge in [-0.3, -0.25) is 0 Å². The molecule has 0 aromatic heterocycles. The summed E-state index contributed by atoms with van der Waals surface area (Å²) in [4.78, 5) is 0. The molecule has 0 heterocycles. The summed E-state index contributed by atoms with van der Waals surface area (Å²) >= 11 is 5.87. The molecule has 3 nitrogen and oxygen atoms in total. The Balaban J connectivity index is 2.16. The van der Waals surface area contributed by atoms with Crippen molar-refractivity contribution in [2.24, 2.45) is 0 Å². The predicted octanol–water partition coefficient (Wildman–Crippen LogP) is 4.14. The molecule has 108 valence electrons. The molecule has 2 atom stereocenters. The number of rotatable bonds is 5. The van der Waals surface area contributed by atoms with Crippen molar-refractivity contribution < 1.29 is 5.11 Å². The molecule has 0 aliphatic carbocycles. The fraction of sp³-hybridized carbons (Fsp3) is 0.235. The number of hydrogen-bond acceptors (Lipinski definition) is 3. The maximum Gasteiger partial charge on any atom is 0.0991 e. The van der Waals surface area contributed by atoms with Gasteiger partial charge in [0.05, 0.1) is 23.8 Å². The molecule has 0 saturated carbocycles. The summed E-state index contributed by atoms with van der Waals surface area (Å²) in [7, 11) is 0. The third-order valence-corrected chi connectivity index (χ3v) is 3.63. The number of aliphatic hydroxyl groups excluding tert-OH is 1. The second kappa shape index (κ2) is 7.12. The number of anilines is 1. The van der Waals surface area contributed by atoms with Gasteiger partial charge in [0.2, 0.25) is 0 Å². The number of nitrogens with zero attached hydrogens (tertiary/aromatic N) is 1. The number of nitriles is 1. The molecule has 0 radical (unpaired) electrons. The minimum Gasteiger partial charge on any atom is -0.386 e. The van der Waals surface area contributed by atoms with Crippen molar-refractivity contribution >= 4 is 17.3 Å². The average Bonchev–Trinajstić information content (AvgIpc) is 2.53. The van der Waals surface area contributed by atoms with Crippen molar-refractivity contribution in [2.75, 3.05) is 5.32 Å². The van der Waals surface area contributed by atoms with E-state index in [1.54, 1.807) is 30.3 Å². The third-order valence-electron chi connectivity index (χ3n) is 3.37. The molecule has 0 bridgehead atoms. The van der Waals surface area contributed by atoms with Crippen LogP contribution in [0.15, 0.2) is 48.5 Å². The Hall–Kier alpha value is -2.02. The van der Waals surface area contributed by atoms with Crippen LogP contribution in [0.25, 0.3) is 0 Å². The Kier molecular flexibility index (Phi) is 5.21. The zero-order chi connectivity index (χ0) is 15.2.